The minimum absolute atomic E-state index is 0.0218. The summed E-state index contributed by atoms with van der Waals surface area (Å²) in [6.07, 6.45) is 1.37. The quantitative estimate of drug-likeness (QED) is 0.632. The molecule has 0 N–H and O–H groups in total. The van der Waals surface area contributed by atoms with E-state index in [2.05, 4.69) is 31.9 Å². The monoisotopic (exact) mass is 280 g/mol. The topological polar surface area (TPSA) is 34.1 Å². The molecule has 0 aromatic rings. The summed E-state index contributed by atoms with van der Waals surface area (Å²) in [4.78, 5) is 21.4. The van der Waals surface area contributed by atoms with E-state index in [1.165, 1.54) is 6.08 Å². The molecule has 2 unspecified atom stereocenters. The largest absolute Gasteiger partial charge is 0.294 e. The van der Waals surface area contributed by atoms with Crippen molar-refractivity contribution in [3.63, 3.8) is 0 Å². The molecule has 0 aromatic carbocycles. The first-order chi connectivity index (χ1) is 5.04. The lowest BCUT2D eigenvalue weighted by Gasteiger charge is -2.18. The average Bonchev–Trinajstić information content (AvgIpc) is 1.97. The summed E-state index contributed by atoms with van der Waals surface area (Å²) in [5, 5.41) is 0. The Balaban J connectivity index is 3.01. The number of ketones is 2. The van der Waals surface area contributed by atoms with Gasteiger partial charge in [0.2, 0.25) is 0 Å². The Kier molecular flexibility index (Phi) is 2.65. The fourth-order valence-electron chi connectivity index (χ4n) is 0.859. The molecule has 0 heterocycles. The third-order valence-corrected chi connectivity index (χ3v) is 4.16. The minimum Gasteiger partial charge on any atom is -0.294 e. The van der Waals surface area contributed by atoms with E-state index < -0.39 is 9.65 Å². The lowest BCUT2D eigenvalue weighted by molar-refractivity contribution is -0.120. The Morgan fingerprint density at radius 1 is 1.27 bits per heavy atom. The van der Waals surface area contributed by atoms with E-state index in [1.807, 2.05) is 0 Å². The van der Waals surface area contributed by atoms with Gasteiger partial charge in [-0.3, -0.25) is 9.59 Å². The highest BCUT2D eigenvalue weighted by Crippen LogP contribution is 2.24. The van der Waals surface area contributed by atoms with Crippen molar-refractivity contribution in [2.24, 2.45) is 0 Å². The number of allylic oxidation sites excluding steroid dienone is 2. The number of Topliss-reactive ketones (excluding diaryl/α,β-unsaturated/α-hetero) is 1. The van der Waals surface area contributed by atoms with Crippen LogP contribution in [-0.2, 0) is 9.59 Å². The maximum atomic E-state index is 11.2. The van der Waals surface area contributed by atoms with Crippen LogP contribution in [0.2, 0.25) is 0 Å². The minimum atomic E-state index is -0.404. The van der Waals surface area contributed by atoms with Crippen LogP contribution in [-0.4, -0.2) is 21.2 Å². The Morgan fingerprint density at radius 2 is 1.82 bits per heavy atom. The number of halogens is 2. The Labute approximate surface area is 81.3 Å². The van der Waals surface area contributed by atoms with Crippen LogP contribution in [0.15, 0.2) is 11.6 Å². The molecule has 0 aromatic heterocycles. The van der Waals surface area contributed by atoms with E-state index in [9.17, 15) is 9.59 Å². The second-order valence-corrected chi connectivity index (χ2v) is 4.37. The summed E-state index contributed by atoms with van der Waals surface area (Å²) in [7, 11) is 0. The molecule has 2 atom stereocenters. The SMILES string of the molecule is CC1=CC(=O)C(Br)C(Br)C1=O. The Morgan fingerprint density at radius 3 is 2.36 bits per heavy atom. The molecule has 0 bridgehead atoms. The lowest BCUT2D eigenvalue weighted by Crippen LogP contribution is -2.35. The molecule has 0 radical (unpaired) electrons. The van der Waals surface area contributed by atoms with E-state index in [0.29, 0.717) is 5.57 Å². The summed E-state index contributed by atoms with van der Waals surface area (Å²) in [6.45, 7) is 1.65. The van der Waals surface area contributed by atoms with Gasteiger partial charge >= 0.3 is 0 Å². The smallest absolute Gasteiger partial charge is 0.173 e. The maximum absolute atomic E-state index is 11.2. The third kappa shape index (κ3) is 1.62. The van der Waals surface area contributed by atoms with Gasteiger partial charge in [0, 0.05) is 0 Å². The van der Waals surface area contributed by atoms with Crippen LogP contribution >= 0.6 is 31.9 Å². The van der Waals surface area contributed by atoms with Crippen molar-refractivity contribution < 1.29 is 9.59 Å². The van der Waals surface area contributed by atoms with Crippen molar-refractivity contribution >= 4 is 43.4 Å². The van der Waals surface area contributed by atoms with Crippen molar-refractivity contribution in [1.29, 1.82) is 0 Å². The highest BCUT2D eigenvalue weighted by molar-refractivity contribution is 9.12. The summed E-state index contributed by atoms with van der Waals surface area (Å²) < 4.78 is 0. The molecule has 0 saturated carbocycles. The van der Waals surface area contributed by atoms with Gasteiger partial charge in [0.15, 0.2) is 11.6 Å². The molecule has 0 fully saturated rings. The van der Waals surface area contributed by atoms with E-state index >= 15 is 0 Å². The highest BCUT2D eigenvalue weighted by Gasteiger charge is 2.33. The molecule has 1 aliphatic carbocycles. The van der Waals surface area contributed by atoms with Gasteiger partial charge in [-0.25, -0.2) is 0 Å². The van der Waals surface area contributed by atoms with E-state index in [1.54, 1.807) is 6.92 Å². The van der Waals surface area contributed by atoms with Crippen LogP contribution in [0.4, 0.5) is 0 Å². The number of carbonyl (C=O) groups is 2. The molecule has 1 rings (SSSR count). The molecule has 0 aliphatic heterocycles. The zero-order valence-corrected chi connectivity index (χ0v) is 8.98. The molecule has 0 amide bonds. The van der Waals surface area contributed by atoms with Gasteiger partial charge in [0.1, 0.15) is 0 Å². The summed E-state index contributed by atoms with van der Waals surface area (Å²) >= 11 is 6.27. The van der Waals surface area contributed by atoms with Gasteiger partial charge in [-0.05, 0) is 18.6 Å². The summed E-state index contributed by atoms with van der Waals surface area (Å²) in [5.74, 6) is -0.0737. The molecular formula is C7H6Br2O2. The van der Waals surface area contributed by atoms with Crippen molar-refractivity contribution in [3.05, 3.63) is 11.6 Å². The predicted molar refractivity (Wildman–Crippen MR) is 49.2 cm³/mol. The second kappa shape index (κ2) is 3.19. The molecule has 60 valence electrons. The second-order valence-electron chi connectivity index (χ2n) is 2.40. The number of alkyl halides is 2. The number of rotatable bonds is 0. The van der Waals surface area contributed by atoms with Crippen molar-refractivity contribution in [3.8, 4) is 0 Å². The third-order valence-electron chi connectivity index (χ3n) is 1.53. The van der Waals surface area contributed by atoms with Gasteiger partial charge in [-0.15, -0.1) is 0 Å². The number of hydrogen-bond acceptors (Lipinski definition) is 2. The highest BCUT2D eigenvalue weighted by atomic mass is 79.9. The number of hydrogen-bond donors (Lipinski definition) is 0. The molecular weight excluding hydrogens is 276 g/mol. The summed E-state index contributed by atoms with van der Waals surface area (Å²) in [6, 6.07) is 0. The van der Waals surface area contributed by atoms with Crippen LogP contribution in [0.1, 0.15) is 6.92 Å². The van der Waals surface area contributed by atoms with Crippen LogP contribution < -0.4 is 0 Å². The van der Waals surface area contributed by atoms with Gasteiger partial charge in [-0.2, -0.15) is 0 Å². The van der Waals surface area contributed by atoms with Crippen LogP contribution in [0.5, 0.6) is 0 Å². The zero-order chi connectivity index (χ0) is 8.59. The molecule has 0 spiro atoms. The standard InChI is InChI=1S/C7H6Br2O2/c1-3-2-4(10)5(8)6(9)7(3)11/h2,5-6H,1H3. The van der Waals surface area contributed by atoms with Gasteiger partial charge in [0.25, 0.3) is 0 Å². The van der Waals surface area contributed by atoms with Crippen molar-refractivity contribution in [1.82, 2.24) is 0 Å². The van der Waals surface area contributed by atoms with Crippen LogP contribution in [0.3, 0.4) is 0 Å². The fourth-order valence-corrected chi connectivity index (χ4v) is 1.85. The number of carbonyl (C=O) groups excluding carboxylic acids is 2. The van der Waals surface area contributed by atoms with E-state index in [-0.39, 0.29) is 11.6 Å². The average molecular weight is 282 g/mol. The van der Waals surface area contributed by atoms with Crippen LogP contribution in [0.25, 0.3) is 0 Å². The zero-order valence-electron chi connectivity index (χ0n) is 5.80. The van der Waals surface area contributed by atoms with Gasteiger partial charge in [-0.1, -0.05) is 31.9 Å². The maximum Gasteiger partial charge on any atom is 0.173 e. The van der Waals surface area contributed by atoms with E-state index in [4.69, 9.17) is 0 Å². The van der Waals surface area contributed by atoms with E-state index in [0.717, 1.165) is 0 Å². The van der Waals surface area contributed by atoms with Crippen molar-refractivity contribution in [2.75, 3.05) is 0 Å². The fraction of sp³-hybridized carbons (Fsp3) is 0.429. The first-order valence-electron chi connectivity index (χ1n) is 3.08. The molecule has 11 heavy (non-hydrogen) atoms. The normalized spacial score (nSPS) is 32.1. The van der Waals surface area contributed by atoms with Crippen LogP contribution in [0, 0.1) is 0 Å². The molecule has 1 aliphatic rings. The Bertz CT molecular complexity index is 245. The molecule has 2 nitrogen and oxygen atoms in total. The van der Waals surface area contributed by atoms with Gasteiger partial charge < -0.3 is 0 Å². The Hall–Kier alpha value is 0.0400. The van der Waals surface area contributed by atoms with Gasteiger partial charge in [0.05, 0.1) is 9.65 Å². The first kappa shape index (κ1) is 9.13. The first-order valence-corrected chi connectivity index (χ1v) is 4.91. The predicted octanol–water partition coefficient (Wildman–Crippen LogP) is 1.61. The molecule has 4 heteroatoms. The summed E-state index contributed by atoms with van der Waals surface area (Å²) in [5.41, 5.74) is 0.521. The molecule has 0 saturated heterocycles. The lowest BCUT2D eigenvalue weighted by atomic mass is 9.98. The van der Waals surface area contributed by atoms with Crippen molar-refractivity contribution in [2.45, 2.75) is 16.6 Å².